The van der Waals surface area contributed by atoms with Gasteiger partial charge >= 0.3 is 0 Å². The molecule has 0 spiro atoms. The molecule has 0 saturated carbocycles. The van der Waals surface area contributed by atoms with E-state index in [9.17, 15) is 9.18 Å². The van der Waals surface area contributed by atoms with Crippen LogP contribution in [0.3, 0.4) is 0 Å². The lowest BCUT2D eigenvalue weighted by molar-refractivity contribution is 0.0934. The van der Waals surface area contributed by atoms with Crippen LogP contribution in [0.15, 0.2) is 24.7 Å². The Labute approximate surface area is 102 Å². The fourth-order valence-electron chi connectivity index (χ4n) is 1.49. The first-order valence-electron chi connectivity index (χ1n) is 5.29. The summed E-state index contributed by atoms with van der Waals surface area (Å²) >= 11 is 0. The quantitative estimate of drug-likeness (QED) is 0.756. The average molecular weight is 249 g/mol. The van der Waals surface area contributed by atoms with E-state index in [0.29, 0.717) is 5.82 Å². The second kappa shape index (κ2) is 4.82. The number of carbonyl (C=O) groups excluding carboxylic acids is 1. The van der Waals surface area contributed by atoms with E-state index < -0.39 is 11.7 Å². The zero-order chi connectivity index (χ0) is 13.1. The number of imidazole rings is 1. The van der Waals surface area contributed by atoms with Crippen molar-refractivity contribution in [2.75, 3.05) is 5.73 Å². The first-order valence-corrected chi connectivity index (χ1v) is 5.29. The van der Waals surface area contributed by atoms with Crippen molar-refractivity contribution in [3.63, 3.8) is 0 Å². The Kier molecular flexibility index (Phi) is 3.22. The molecule has 0 aliphatic rings. The van der Waals surface area contributed by atoms with Crippen molar-refractivity contribution in [1.29, 1.82) is 0 Å². The molecule has 0 aliphatic carbocycles. The predicted molar refractivity (Wildman–Crippen MR) is 63.1 cm³/mol. The summed E-state index contributed by atoms with van der Waals surface area (Å²) < 4.78 is 13.6. The van der Waals surface area contributed by atoms with Crippen LogP contribution >= 0.6 is 0 Å². The van der Waals surface area contributed by atoms with Crippen LogP contribution in [0.5, 0.6) is 0 Å². The Morgan fingerprint density at radius 1 is 1.50 bits per heavy atom. The van der Waals surface area contributed by atoms with E-state index in [1.165, 1.54) is 12.3 Å². The summed E-state index contributed by atoms with van der Waals surface area (Å²) in [5, 5.41) is 2.61. The number of pyridine rings is 1. The third kappa shape index (κ3) is 2.29. The van der Waals surface area contributed by atoms with E-state index in [1.54, 1.807) is 19.3 Å². The molecule has 94 valence electrons. The number of aromatic amines is 1. The highest BCUT2D eigenvalue weighted by atomic mass is 19.1. The molecule has 6 nitrogen and oxygen atoms in total. The molecule has 7 heteroatoms. The van der Waals surface area contributed by atoms with E-state index in [-0.39, 0.29) is 17.4 Å². The fraction of sp³-hybridized carbons (Fsp3) is 0.182. The minimum absolute atomic E-state index is 0.138. The van der Waals surface area contributed by atoms with Gasteiger partial charge in [-0.05, 0) is 13.0 Å². The molecule has 2 rings (SSSR count). The van der Waals surface area contributed by atoms with E-state index in [1.807, 2.05) is 0 Å². The van der Waals surface area contributed by atoms with Crippen LogP contribution in [0.4, 0.5) is 10.2 Å². The molecule has 2 aromatic rings. The number of carbonyl (C=O) groups is 1. The molecule has 0 radical (unpaired) electrons. The molecule has 1 atom stereocenters. The molecule has 1 unspecified atom stereocenters. The van der Waals surface area contributed by atoms with Crippen LogP contribution in [-0.4, -0.2) is 20.9 Å². The molecule has 18 heavy (non-hydrogen) atoms. The normalized spacial score (nSPS) is 12.1. The van der Waals surface area contributed by atoms with Gasteiger partial charge in [0.25, 0.3) is 5.91 Å². The zero-order valence-corrected chi connectivity index (χ0v) is 9.64. The van der Waals surface area contributed by atoms with E-state index >= 15 is 0 Å². The number of hydrogen-bond donors (Lipinski definition) is 3. The minimum atomic E-state index is -0.818. The highest BCUT2D eigenvalue weighted by Crippen LogP contribution is 2.13. The van der Waals surface area contributed by atoms with E-state index in [0.717, 1.165) is 0 Å². The summed E-state index contributed by atoms with van der Waals surface area (Å²) in [5.74, 6) is -1.09. The maximum atomic E-state index is 13.6. The number of nitrogens with one attached hydrogen (secondary N) is 2. The van der Waals surface area contributed by atoms with Gasteiger partial charge in [0.1, 0.15) is 5.82 Å². The number of H-pyrrole nitrogens is 1. The summed E-state index contributed by atoms with van der Waals surface area (Å²) in [6.45, 7) is 1.74. The molecular formula is C11H12FN5O. The SMILES string of the molecule is CC(NC(=O)c1ccnc(N)c1F)c1ncc[nH]1. The van der Waals surface area contributed by atoms with Gasteiger partial charge in [0.05, 0.1) is 11.6 Å². The third-order valence-corrected chi connectivity index (χ3v) is 2.44. The van der Waals surface area contributed by atoms with Crippen LogP contribution in [0, 0.1) is 5.82 Å². The monoisotopic (exact) mass is 249 g/mol. The number of nitrogens with zero attached hydrogens (tertiary/aromatic N) is 2. The molecule has 4 N–H and O–H groups in total. The van der Waals surface area contributed by atoms with E-state index in [4.69, 9.17) is 5.73 Å². The smallest absolute Gasteiger partial charge is 0.255 e. The summed E-state index contributed by atoms with van der Waals surface area (Å²) in [4.78, 5) is 22.3. The maximum Gasteiger partial charge on any atom is 0.255 e. The van der Waals surface area contributed by atoms with Crippen LogP contribution in [0.2, 0.25) is 0 Å². The Hall–Kier alpha value is -2.44. The standard InChI is InChI=1S/C11H12FN5O/c1-6(10-15-4-5-16-10)17-11(18)7-2-3-14-9(13)8(7)12/h2-6H,1H3,(H2,13,14)(H,15,16)(H,17,18). The number of amides is 1. The average Bonchev–Trinajstić information content (AvgIpc) is 2.86. The van der Waals surface area contributed by atoms with Crippen molar-refractivity contribution in [3.05, 3.63) is 41.9 Å². The van der Waals surface area contributed by atoms with Gasteiger partial charge in [-0.25, -0.2) is 14.4 Å². The summed E-state index contributed by atoms with van der Waals surface area (Å²) in [6, 6.07) is 0.914. The fourth-order valence-corrected chi connectivity index (χ4v) is 1.49. The lowest BCUT2D eigenvalue weighted by Gasteiger charge is -2.12. The molecule has 0 bridgehead atoms. The van der Waals surface area contributed by atoms with Crippen molar-refractivity contribution >= 4 is 11.7 Å². The molecule has 1 amide bonds. The van der Waals surface area contributed by atoms with Crippen LogP contribution in [0.25, 0.3) is 0 Å². The van der Waals surface area contributed by atoms with Gasteiger partial charge in [-0.3, -0.25) is 4.79 Å². The Bertz CT molecular complexity index is 555. The van der Waals surface area contributed by atoms with Gasteiger partial charge in [-0.15, -0.1) is 0 Å². The molecule has 0 aliphatic heterocycles. The van der Waals surface area contributed by atoms with Crippen molar-refractivity contribution in [1.82, 2.24) is 20.3 Å². The number of nitrogen functional groups attached to an aromatic ring is 1. The lowest BCUT2D eigenvalue weighted by Crippen LogP contribution is -2.28. The van der Waals surface area contributed by atoms with Gasteiger partial charge < -0.3 is 16.0 Å². The number of anilines is 1. The van der Waals surface area contributed by atoms with Crippen molar-refractivity contribution in [2.24, 2.45) is 0 Å². The lowest BCUT2D eigenvalue weighted by atomic mass is 10.2. The first kappa shape index (κ1) is 12.0. The Morgan fingerprint density at radius 3 is 2.94 bits per heavy atom. The molecule has 0 saturated heterocycles. The number of aromatic nitrogens is 3. The zero-order valence-electron chi connectivity index (χ0n) is 9.64. The van der Waals surface area contributed by atoms with Gasteiger partial charge in [-0.2, -0.15) is 0 Å². The van der Waals surface area contributed by atoms with Crippen molar-refractivity contribution in [2.45, 2.75) is 13.0 Å². The molecule has 2 heterocycles. The van der Waals surface area contributed by atoms with Crippen LogP contribution in [0.1, 0.15) is 29.1 Å². The third-order valence-electron chi connectivity index (χ3n) is 2.44. The number of rotatable bonds is 3. The van der Waals surface area contributed by atoms with Crippen molar-refractivity contribution in [3.8, 4) is 0 Å². The van der Waals surface area contributed by atoms with E-state index in [2.05, 4.69) is 20.3 Å². The topological polar surface area (TPSA) is 96.7 Å². The molecular weight excluding hydrogens is 237 g/mol. The first-order chi connectivity index (χ1) is 8.59. The molecule has 0 aromatic carbocycles. The van der Waals surface area contributed by atoms with Gasteiger partial charge in [0, 0.05) is 18.6 Å². The molecule has 2 aromatic heterocycles. The summed E-state index contributed by atoms with van der Waals surface area (Å²) in [5.41, 5.74) is 5.16. The maximum absolute atomic E-state index is 13.6. The van der Waals surface area contributed by atoms with Crippen molar-refractivity contribution < 1.29 is 9.18 Å². The van der Waals surface area contributed by atoms with Crippen LogP contribution in [-0.2, 0) is 0 Å². The second-order valence-corrected chi connectivity index (χ2v) is 3.73. The van der Waals surface area contributed by atoms with Gasteiger partial charge in [0.2, 0.25) is 0 Å². The Balaban J connectivity index is 2.15. The highest BCUT2D eigenvalue weighted by Gasteiger charge is 2.17. The predicted octanol–water partition coefficient (Wildman–Crippen LogP) is 1.02. The summed E-state index contributed by atoms with van der Waals surface area (Å²) in [7, 11) is 0. The number of hydrogen-bond acceptors (Lipinski definition) is 4. The van der Waals surface area contributed by atoms with Gasteiger partial charge in [-0.1, -0.05) is 0 Å². The largest absolute Gasteiger partial charge is 0.381 e. The second-order valence-electron chi connectivity index (χ2n) is 3.73. The number of halogens is 1. The Morgan fingerprint density at radius 2 is 2.28 bits per heavy atom. The van der Waals surface area contributed by atoms with Gasteiger partial charge in [0.15, 0.2) is 11.6 Å². The number of nitrogens with two attached hydrogens (primary N) is 1. The summed E-state index contributed by atoms with van der Waals surface area (Å²) in [6.07, 6.45) is 4.50. The van der Waals surface area contributed by atoms with Crippen LogP contribution < -0.4 is 11.1 Å². The molecule has 0 fully saturated rings. The minimum Gasteiger partial charge on any atom is -0.381 e. The highest BCUT2D eigenvalue weighted by molar-refractivity contribution is 5.95.